The number of pyridine rings is 1. The summed E-state index contributed by atoms with van der Waals surface area (Å²) < 4.78 is 34.9. The smallest absolute Gasteiger partial charge is 0.233 e. The molecule has 0 aliphatic carbocycles. The van der Waals surface area contributed by atoms with Crippen LogP contribution in [0.1, 0.15) is 5.56 Å². The third-order valence-corrected chi connectivity index (χ3v) is 4.95. The molecule has 8 heteroatoms. The summed E-state index contributed by atoms with van der Waals surface area (Å²) >= 11 is 0. The van der Waals surface area contributed by atoms with E-state index in [2.05, 4.69) is 4.98 Å². The molecular weight excluding hydrogens is 356 g/mol. The van der Waals surface area contributed by atoms with E-state index < -0.39 is 14.7 Å². The Balaban J connectivity index is 2.37. The van der Waals surface area contributed by atoms with E-state index >= 15 is 0 Å². The number of allylic oxidation sites excluding steroid dienone is 3. The Kier molecular flexibility index (Phi) is 5.98. The highest BCUT2D eigenvalue weighted by molar-refractivity contribution is 7.95. The van der Waals surface area contributed by atoms with Crippen LogP contribution in [0.4, 0.5) is 0 Å². The van der Waals surface area contributed by atoms with Gasteiger partial charge in [0.25, 0.3) is 0 Å². The van der Waals surface area contributed by atoms with Gasteiger partial charge in [-0.15, -0.1) is 0 Å². The van der Waals surface area contributed by atoms with Crippen LogP contribution in [0.5, 0.6) is 17.2 Å². The predicted octanol–water partition coefficient (Wildman–Crippen LogP) is 2.70. The lowest BCUT2D eigenvalue weighted by Crippen LogP contribution is -2.05. The first-order valence-electron chi connectivity index (χ1n) is 7.33. The Morgan fingerprint density at radius 1 is 1.23 bits per heavy atom. The van der Waals surface area contributed by atoms with E-state index in [9.17, 15) is 18.8 Å². The number of nitrogens with zero attached hydrogens (tertiary/aromatic N) is 2. The van der Waals surface area contributed by atoms with Gasteiger partial charge in [0.1, 0.15) is 6.07 Å². The number of ether oxygens (including phenoxy) is 2. The SMILES string of the molecule is COc1cc(/C=C/C=C(\C#N)S(=O)(=O)c2ccccn2)cc(OC)c1O. The van der Waals surface area contributed by atoms with Crippen LogP contribution in [0.15, 0.2) is 58.6 Å². The molecule has 0 unspecified atom stereocenters. The molecule has 0 saturated heterocycles. The van der Waals surface area contributed by atoms with Crippen molar-refractivity contribution < 1.29 is 23.0 Å². The fraction of sp³-hybridized carbons (Fsp3) is 0.111. The van der Waals surface area contributed by atoms with Crippen LogP contribution in [0, 0.1) is 11.3 Å². The number of rotatable bonds is 6. The van der Waals surface area contributed by atoms with E-state index in [4.69, 9.17) is 9.47 Å². The summed E-state index contributed by atoms with van der Waals surface area (Å²) in [4.78, 5) is 3.34. The highest BCUT2D eigenvalue weighted by atomic mass is 32.2. The summed E-state index contributed by atoms with van der Waals surface area (Å²) in [6, 6.07) is 9.19. The molecule has 0 fully saturated rings. The zero-order valence-corrected chi connectivity index (χ0v) is 14.9. The summed E-state index contributed by atoms with van der Waals surface area (Å²) in [7, 11) is -1.19. The van der Waals surface area contributed by atoms with Crippen molar-refractivity contribution in [3.05, 3.63) is 59.1 Å². The minimum absolute atomic E-state index is 0.141. The molecule has 1 aromatic heterocycles. The molecule has 0 radical (unpaired) electrons. The molecule has 0 amide bonds. The number of aromatic nitrogens is 1. The van der Waals surface area contributed by atoms with Gasteiger partial charge in [0.15, 0.2) is 21.4 Å². The quantitative estimate of drug-likeness (QED) is 0.613. The van der Waals surface area contributed by atoms with Gasteiger partial charge in [-0.05, 0) is 35.9 Å². The maximum absolute atomic E-state index is 12.4. The Morgan fingerprint density at radius 3 is 2.38 bits per heavy atom. The zero-order valence-electron chi connectivity index (χ0n) is 14.1. The van der Waals surface area contributed by atoms with E-state index in [0.717, 1.165) is 0 Å². The molecule has 2 aromatic rings. The Bertz CT molecular complexity index is 965. The van der Waals surface area contributed by atoms with Crippen LogP contribution in [-0.4, -0.2) is 32.7 Å². The van der Waals surface area contributed by atoms with Crippen molar-refractivity contribution >= 4 is 15.9 Å². The van der Waals surface area contributed by atoms with Gasteiger partial charge in [0.2, 0.25) is 15.6 Å². The number of phenolic OH excluding ortho intramolecular Hbond substituents is 1. The van der Waals surface area contributed by atoms with Crippen LogP contribution in [0.3, 0.4) is 0 Å². The Hall–Kier alpha value is -3.31. The van der Waals surface area contributed by atoms with Gasteiger partial charge in [-0.2, -0.15) is 5.26 Å². The molecule has 134 valence electrons. The largest absolute Gasteiger partial charge is 0.502 e. The van der Waals surface area contributed by atoms with Crippen molar-refractivity contribution in [1.82, 2.24) is 4.98 Å². The Morgan fingerprint density at radius 2 is 1.88 bits per heavy atom. The topological polar surface area (TPSA) is 110 Å². The van der Waals surface area contributed by atoms with E-state index in [1.807, 2.05) is 0 Å². The molecule has 26 heavy (non-hydrogen) atoms. The van der Waals surface area contributed by atoms with Crippen LogP contribution < -0.4 is 9.47 Å². The number of benzene rings is 1. The third kappa shape index (κ3) is 4.02. The van der Waals surface area contributed by atoms with Crippen molar-refractivity contribution in [2.75, 3.05) is 14.2 Å². The summed E-state index contributed by atoms with van der Waals surface area (Å²) in [5.74, 6) is 0.266. The number of sulfone groups is 1. The fourth-order valence-electron chi connectivity index (χ4n) is 2.06. The molecule has 1 N–H and O–H groups in total. The summed E-state index contributed by atoms with van der Waals surface area (Å²) in [5, 5.41) is 18.9. The molecule has 2 rings (SSSR count). The minimum atomic E-state index is -3.99. The first kappa shape index (κ1) is 19.0. The van der Waals surface area contributed by atoms with Gasteiger partial charge < -0.3 is 14.6 Å². The molecule has 0 spiro atoms. The maximum atomic E-state index is 12.4. The minimum Gasteiger partial charge on any atom is -0.502 e. The van der Waals surface area contributed by atoms with E-state index in [1.165, 1.54) is 44.7 Å². The summed E-state index contributed by atoms with van der Waals surface area (Å²) in [5.41, 5.74) is 0.584. The molecule has 0 saturated carbocycles. The number of methoxy groups -OCH3 is 2. The highest BCUT2D eigenvalue weighted by Gasteiger charge is 2.21. The van der Waals surface area contributed by atoms with Crippen molar-refractivity contribution in [3.8, 4) is 23.3 Å². The molecule has 0 bridgehead atoms. The third-order valence-electron chi connectivity index (χ3n) is 3.35. The van der Waals surface area contributed by atoms with Crippen LogP contribution >= 0.6 is 0 Å². The van der Waals surface area contributed by atoms with Crippen LogP contribution in [0.2, 0.25) is 0 Å². The second-order valence-corrected chi connectivity index (χ2v) is 6.81. The highest BCUT2D eigenvalue weighted by Crippen LogP contribution is 2.37. The van der Waals surface area contributed by atoms with E-state index in [0.29, 0.717) is 5.56 Å². The van der Waals surface area contributed by atoms with Crippen molar-refractivity contribution in [2.45, 2.75) is 5.03 Å². The van der Waals surface area contributed by atoms with Gasteiger partial charge in [0.05, 0.1) is 14.2 Å². The first-order chi connectivity index (χ1) is 12.4. The van der Waals surface area contributed by atoms with E-state index in [1.54, 1.807) is 30.3 Å². The molecule has 1 heterocycles. The maximum Gasteiger partial charge on any atom is 0.233 e. The number of phenols is 1. The molecule has 7 nitrogen and oxygen atoms in total. The van der Waals surface area contributed by atoms with Crippen molar-refractivity contribution in [3.63, 3.8) is 0 Å². The summed E-state index contributed by atoms with van der Waals surface area (Å²) in [6.45, 7) is 0. The monoisotopic (exact) mass is 372 g/mol. The lowest BCUT2D eigenvalue weighted by Gasteiger charge is -2.09. The molecule has 0 atom stereocenters. The normalized spacial score (nSPS) is 12.0. The molecule has 0 aliphatic rings. The van der Waals surface area contributed by atoms with Gasteiger partial charge in [-0.3, -0.25) is 0 Å². The first-order valence-corrected chi connectivity index (χ1v) is 8.82. The number of aromatic hydroxyl groups is 1. The average Bonchev–Trinajstić information content (AvgIpc) is 2.66. The molecule has 0 aliphatic heterocycles. The zero-order chi connectivity index (χ0) is 19.2. The molecular formula is C18H16N2O5S. The predicted molar refractivity (Wildman–Crippen MR) is 95.4 cm³/mol. The van der Waals surface area contributed by atoms with E-state index in [-0.39, 0.29) is 22.3 Å². The second kappa shape index (κ2) is 8.18. The molecule has 1 aromatic carbocycles. The van der Waals surface area contributed by atoms with Crippen molar-refractivity contribution in [2.24, 2.45) is 0 Å². The van der Waals surface area contributed by atoms with Gasteiger partial charge in [0, 0.05) is 6.20 Å². The number of hydrogen-bond donors (Lipinski definition) is 1. The van der Waals surface area contributed by atoms with Crippen molar-refractivity contribution in [1.29, 1.82) is 5.26 Å². The standard InChI is InChI=1S/C18H16N2O5S/c1-24-15-10-13(11-16(25-2)18(15)21)6-5-7-14(12-19)26(22,23)17-8-3-4-9-20-17/h3-11,21H,1-2H3/b6-5+,14-7+. The summed E-state index contributed by atoms with van der Waals surface area (Å²) in [6.07, 6.45) is 5.47. The lowest BCUT2D eigenvalue weighted by molar-refractivity contribution is 0.340. The lowest BCUT2D eigenvalue weighted by atomic mass is 10.1. The van der Waals surface area contributed by atoms with Gasteiger partial charge >= 0.3 is 0 Å². The number of hydrogen-bond acceptors (Lipinski definition) is 7. The van der Waals surface area contributed by atoms with Gasteiger partial charge in [-0.1, -0.05) is 18.2 Å². The Labute approximate surface area is 151 Å². The fourth-order valence-corrected chi connectivity index (χ4v) is 3.12. The van der Waals surface area contributed by atoms with Crippen LogP contribution in [-0.2, 0) is 9.84 Å². The van der Waals surface area contributed by atoms with Gasteiger partial charge in [-0.25, -0.2) is 13.4 Å². The second-order valence-electron chi connectivity index (χ2n) is 4.95. The number of nitriles is 1. The van der Waals surface area contributed by atoms with Crippen LogP contribution in [0.25, 0.3) is 6.08 Å². The average molecular weight is 372 g/mol.